The first-order valence-corrected chi connectivity index (χ1v) is 8.68. The quantitative estimate of drug-likeness (QED) is 0.337. The molecule has 0 aromatic heterocycles. The van der Waals surface area contributed by atoms with Gasteiger partial charge in [-0.15, -0.1) is 0 Å². The molecule has 0 bridgehead atoms. The van der Waals surface area contributed by atoms with Crippen LogP contribution in [0.1, 0.15) is 67.2 Å². The van der Waals surface area contributed by atoms with Gasteiger partial charge in [0.05, 0.1) is 0 Å². The molecule has 0 aliphatic carbocycles. The molecular formula is C21H34O3. The van der Waals surface area contributed by atoms with Crippen LogP contribution in [-0.2, 0) is 9.47 Å². The molecule has 0 aromatic carbocycles. The maximum absolute atomic E-state index is 11.5. The summed E-state index contributed by atoms with van der Waals surface area (Å²) >= 11 is 0. The van der Waals surface area contributed by atoms with E-state index in [-0.39, 0.29) is 13.2 Å². The van der Waals surface area contributed by atoms with Gasteiger partial charge in [0.15, 0.2) is 0 Å². The molecule has 0 spiro atoms. The van der Waals surface area contributed by atoms with Crippen LogP contribution >= 0.6 is 0 Å². The molecule has 0 saturated carbocycles. The highest BCUT2D eigenvalue weighted by Gasteiger charge is 2.01. The lowest BCUT2D eigenvalue weighted by molar-refractivity contribution is 0.0715. The Morgan fingerprint density at radius 2 is 1.04 bits per heavy atom. The molecular weight excluding hydrogens is 300 g/mol. The van der Waals surface area contributed by atoms with E-state index in [9.17, 15) is 4.79 Å². The van der Waals surface area contributed by atoms with E-state index in [1.165, 1.54) is 22.3 Å². The topological polar surface area (TPSA) is 35.5 Å². The van der Waals surface area contributed by atoms with Gasteiger partial charge in [-0.3, -0.25) is 0 Å². The van der Waals surface area contributed by atoms with Gasteiger partial charge in [0, 0.05) is 0 Å². The van der Waals surface area contributed by atoms with Crippen molar-refractivity contribution >= 4 is 6.16 Å². The number of carbonyl (C=O) groups excluding carboxylic acids is 1. The Kier molecular flexibility index (Phi) is 12.6. The number of hydrogen-bond acceptors (Lipinski definition) is 3. The average Bonchev–Trinajstić information content (AvgIpc) is 2.46. The van der Waals surface area contributed by atoms with Gasteiger partial charge >= 0.3 is 6.16 Å². The van der Waals surface area contributed by atoms with E-state index in [4.69, 9.17) is 9.47 Å². The number of hydrogen-bond donors (Lipinski definition) is 0. The summed E-state index contributed by atoms with van der Waals surface area (Å²) in [6, 6.07) is 0. The van der Waals surface area contributed by atoms with Crippen LogP contribution in [0.15, 0.2) is 46.6 Å². The Morgan fingerprint density at radius 1 is 0.667 bits per heavy atom. The molecule has 0 aromatic rings. The monoisotopic (exact) mass is 334 g/mol. The van der Waals surface area contributed by atoms with Crippen LogP contribution in [0.4, 0.5) is 4.79 Å². The lowest BCUT2D eigenvalue weighted by atomic mass is 10.1. The largest absolute Gasteiger partial charge is 0.508 e. The second-order valence-electron chi connectivity index (χ2n) is 6.61. The van der Waals surface area contributed by atoms with Gasteiger partial charge in [-0.05, 0) is 79.4 Å². The van der Waals surface area contributed by atoms with Gasteiger partial charge in [0.25, 0.3) is 0 Å². The standard InChI is InChI=1S/C21H34O3/c1-17(2)9-7-11-19(5)13-15-23-21(22)24-16-14-20(6)12-8-10-18(3)4/h9-10,13-14H,7-8,11-12,15-16H2,1-6H3/b19-13-,20-14-. The molecule has 0 saturated heterocycles. The van der Waals surface area contributed by atoms with E-state index >= 15 is 0 Å². The fourth-order valence-electron chi connectivity index (χ4n) is 1.93. The molecule has 3 nitrogen and oxygen atoms in total. The van der Waals surface area contributed by atoms with Gasteiger partial charge in [-0.2, -0.15) is 0 Å². The molecule has 0 amide bonds. The Morgan fingerprint density at radius 3 is 1.38 bits per heavy atom. The zero-order valence-corrected chi connectivity index (χ0v) is 16.3. The first-order valence-electron chi connectivity index (χ1n) is 8.68. The minimum atomic E-state index is -0.614. The molecule has 0 aliphatic rings. The zero-order valence-electron chi connectivity index (χ0n) is 16.3. The van der Waals surface area contributed by atoms with Crippen molar-refractivity contribution in [1.82, 2.24) is 0 Å². The van der Waals surface area contributed by atoms with E-state index in [0.29, 0.717) is 0 Å². The van der Waals surface area contributed by atoms with Crippen molar-refractivity contribution in [1.29, 1.82) is 0 Å². The van der Waals surface area contributed by atoms with E-state index in [1.807, 2.05) is 26.0 Å². The number of carbonyl (C=O) groups is 1. The van der Waals surface area contributed by atoms with Crippen molar-refractivity contribution in [2.24, 2.45) is 0 Å². The third-order valence-corrected chi connectivity index (χ3v) is 3.45. The van der Waals surface area contributed by atoms with Gasteiger partial charge in [0.1, 0.15) is 13.2 Å². The van der Waals surface area contributed by atoms with Crippen molar-refractivity contribution in [3.05, 3.63) is 46.6 Å². The maximum Gasteiger partial charge on any atom is 0.508 e. The van der Waals surface area contributed by atoms with E-state index < -0.39 is 6.16 Å². The fourth-order valence-corrected chi connectivity index (χ4v) is 1.93. The summed E-state index contributed by atoms with van der Waals surface area (Å²) in [6.07, 6.45) is 11.7. The highest BCUT2D eigenvalue weighted by atomic mass is 16.7. The Balaban J connectivity index is 3.90. The molecule has 136 valence electrons. The van der Waals surface area contributed by atoms with Crippen LogP contribution in [0.2, 0.25) is 0 Å². The van der Waals surface area contributed by atoms with E-state index in [0.717, 1.165) is 25.7 Å². The highest BCUT2D eigenvalue weighted by molar-refractivity contribution is 5.60. The minimum absolute atomic E-state index is 0.267. The molecule has 24 heavy (non-hydrogen) atoms. The minimum Gasteiger partial charge on any atom is -0.430 e. The lowest BCUT2D eigenvalue weighted by Gasteiger charge is -2.04. The van der Waals surface area contributed by atoms with Crippen molar-refractivity contribution in [3.63, 3.8) is 0 Å². The summed E-state index contributed by atoms with van der Waals surface area (Å²) in [6.45, 7) is 13.0. The Hall–Kier alpha value is -1.77. The number of allylic oxidation sites excluding steroid dienone is 6. The molecule has 0 atom stereocenters. The predicted octanol–water partition coefficient (Wildman–Crippen LogP) is 6.53. The molecule has 0 heterocycles. The molecule has 0 unspecified atom stereocenters. The van der Waals surface area contributed by atoms with E-state index in [2.05, 4.69) is 39.8 Å². The summed E-state index contributed by atoms with van der Waals surface area (Å²) in [7, 11) is 0. The van der Waals surface area contributed by atoms with E-state index in [1.54, 1.807) is 0 Å². The molecule has 0 radical (unpaired) electrons. The van der Waals surface area contributed by atoms with Crippen molar-refractivity contribution in [2.75, 3.05) is 13.2 Å². The zero-order chi connectivity index (χ0) is 18.4. The molecule has 0 rings (SSSR count). The van der Waals surface area contributed by atoms with Crippen LogP contribution in [0.5, 0.6) is 0 Å². The summed E-state index contributed by atoms with van der Waals surface area (Å²) in [5.74, 6) is 0. The maximum atomic E-state index is 11.5. The smallest absolute Gasteiger partial charge is 0.430 e. The van der Waals surface area contributed by atoms with Crippen LogP contribution < -0.4 is 0 Å². The third-order valence-electron chi connectivity index (χ3n) is 3.45. The third kappa shape index (κ3) is 15.1. The van der Waals surface area contributed by atoms with Crippen LogP contribution in [0.3, 0.4) is 0 Å². The Bertz CT molecular complexity index is 441. The predicted molar refractivity (Wildman–Crippen MR) is 102 cm³/mol. The summed E-state index contributed by atoms with van der Waals surface area (Å²) in [5, 5.41) is 0. The lowest BCUT2D eigenvalue weighted by Crippen LogP contribution is -2.07. The normalized spacial score (nSPS) is 11.8. The first kappa shape index (κ1) is 22.2. The number of rotatable bonds is 10. The number of ether oxygens (including phenoxy) is 2. The van der Waals surface area contributed by atoms with Crippen molar-refractivity contribution in [3.8, 4) is 0 Å². The molecule has 0 N–H and O–H groups in total. The molecule has 3 heteroatoms. The van der Waals surface area contributed by atoms with Gasteiger partial charge in [-0.25, -0.2) is 4.79 Å². The van der Waals surface area contributed by atoms with Gasteiger partial charge in [-0.1, -0.05) is 34.4 Å². The molecule has 0 aliphatic heterocycles. The second kappa shape index (κ2) is 13.6. The van der Waals surface area contributed by atoms with Crippen LogP contribution in [0.25, 0.3) is 0 Å². The average molecular weight is 335 g/mol. The highest BCUT2D eigenvalue weighted by Crippen LogP contribution is 2.07. The first-order chi connectivity index (χ1) is 11.3. The van der Waals surface area contributed by atoms with Crippen LogP contribution in [0, 0.1) is 0 Å². The summed E-state index contributed by atoms with van der Waals surface area (Å²) in [5.41, 5.74) is 5.09. The second-order valence-corrected chi connectivity index (χ2v) is 6.61. The summed E-state index contributed by atoms with van der Waals surface area (Å²) in [4.78, 5) is 11.5. The van der Waals surface area contributed by atoms with Crippen molar-refractivity contribution in [2.45, 2.75) is 67.2 Å². The summed E-state index contributed by atoms with van der Waals surface area (Å²) < 4.78 is 10.1. The van der Waals surface area contributed by atoms with Gasteiger partial charge < -0.3 is 9.47 Å². The fraction of sp³-hybridized carbons (Fsp3) is 0.571. The molecule has 0 fully saturated rings. The SMILES string of the molecule is CC(C)=CCC/C(C)=C\COC(=O)OC/C=C(/C)CCC=C(C)C. The van der Waals surface area contributed by atoms with Crippen molar-refractivity contribution < 1.29 is 14.3 Å². The Labute approximate surface area is 148 Å². The van der Waals surface area contributed by atoms with Crippen LogP contribution in [-0.4, -0.2) is 19.4 Å². The van der Waals surface area contributed by atoms with Gasteiger partial charge in [0.2, 0.25) is 0 Å².